The third-order valence-electron chi connectivity index (χ3n) is 3.39. The van der Waals surface area contributed by atoms with E-state index in [-0.39, 0.29) is 16.9 Å². The third kappa shape index (κ3) is 3.89. The van der Waals surface area contributed by atoms with E-state index in [0.29, 0.717) is 11.3 Å². The Labute approximate surface area is 138 Å². The molecule has 23 heavy (non-hydrogen) atoms. The number of non-ortho nitro benzene ring substituents is 1. The van der Waals surface area contributed by atoms with E-state index >= 15 is 0 Å². The summed E-state index contributed by atoms with van der Waals surface area (Å²) < 4.78 is 5.29. The number of nitro benzene ring substituents is 1. The van der Waals surface area contributed by atoms with Gasteiger partial charge in [0.15, 0.2) is 5.11 Å². The summed E-state index contributed by atoms with van der Waals surface area (Å²) in [5, 5.41) is 14.2. The van der Waals surface area contributed by atoms with Gasteiger partial charge in [-0.15, -0.1) is 0 Å². The molecule has 0 radical (unpaired) electrons. The smallest absolute Gasteiger partial charge is 0.317 e. The van der Waals surface area contributed by atoms with E-state index in [0.717, 1.165) is 0 Å². The van der Waals surface area contributed by atoms with Crippen LogP contribution in [0, 0.1) is 16.0 Å². The van der Waals surface area contributed by atoms with Crippen LogP contribution in [0.25, 0.3) is 0 Å². The molecule has 7 nitrogen and oxygen atoms in total. The highest BCUT2D eigenvalue weighted by atomic mass is 32.1. The van der Waals surface area contributed by atoms with Gasteiger partial charge in [-0.25, -0.2) is 4.99 Å². The first kappa shape index (κ1) is 17.0. The van der Waals surface area contributed by atoms with Gasteiger partial charge in [0.25, 0.3) is 5.69 Å². The summed E-state index contributed by atoms with van der Waals surface area (Å²) in [6, 6.07) is 5.55. The standard InChI is InChI=1S/C15H17N3O4S/c1-8(2)22-14(19)12-9(3)16-15(23)17-13(12)10-5-4-6-11(7-10)18(20)21/h4-8,12-13H,1-3H3,(H,17,23). The average Bonchev–Trinajstić information content (AvgIpc) is 2.45. The van der Waals surface area contributed by atoms with Crippen molar-refractivity contribution in [2.24, 2.45) is 10.9 Å². The summed E-state index contributed by atoms with van der Waals surface area (Å²) >= 11 is 5.09. The Morgan fingerprint density at radius 3 is 2.78 bits per heavy atom. The Bertz CT molecular complexity index is 687. The number of hydrogen-bond donors (Lipinski definition) is 1. The summed E-state index contributed by atoms with van der Waals surface area (Å²) in [6.07, 6.45) is -0.269. The fraction of sp³-hybridized carbons (Fsp3) is 0.400. The molecule has 0 aromatic heterocycles. The maximum absolute atomic E-state index is 12.4. The van der Waals surface area contributed by atoms with Crippen molar-refractivity contribution < 1.29 is 14.5 Å². The van der Waals surface area contributed by atoms with E-state index in [1.807, 2.05) is 0 Å². The monoisotopic (exact) mass is 335 g/mol. The van der Waals surface area contributed by atoms with Crippen molar-refractivity contribution >= 4 is 34.7 Å². The molecule has 1 heterocycles. The van der Waals surface area contributed by atoms with Gasteiger partial charge in [0.2, 0.25) is 0 Å². The summed E-state index contributed by atoms with van der Waals surface area (Å²) in [6.45, 7) is 5.21. The first-order chi connectivity index (χ1) is 10.8. The van der Waals surface area contributed by atoms with Gasteiger partial charge in [-0.1, -0.05) is 12.1 Å². The van der Waals surface area contributed by atoms with Crippen LogP contribution < -0.4 is 5.32 Å². The molecular weight excluding hydrogens is 318 g/mol. The van der Waals surface area contributed by atoms with Gasteiger partial charge in [-0.3, -0.25) is 14.9 Å². The van der Waals surface area contributed by atoms with Crippen LogP contribution in [0.5, 0.6) is 0 Å². The molecule has 1 aliphatic rings. The normalized spacial score (nSPS) is 20.7. The van der Waals surface area contributed by atoms with Crippen LogP contribution in [0.3, 0.4) is 0 Å². The molecule has 1 aromatic carbocycles. The topological polar surface area (TPSA) is 93.8 Å². The van der Waals surface area contributed by atoms with Gasteiger partial charge in [0.05, 0.1) is 17.1 Å². The van der Waals surface area contributed by atoms with E-state index in [4.69, 9.17) is 17.0 Å². The Morgan fingerprint density at radius 1 is 1.48 bits per heavy atom. The highest BCUT2D eigenvalue weighted by molar-refractivity contribution is 7.80. The molecule has 0 bridgehead atoms. The van der Waals surface area contributed by atoms with E-state index in [1.54, 1.807) is 32.9 Å². The fourth-order valence-corrected chi connectivity index (χ4v) is 2.71. The lowest BCUT2D eigenvalue weighted by Gasteiger charge is -2.31. The van der Waals surface area contributed by atoms with E-state index in [1.165, 1.54) is 12.1 Å². The average molecular weight is 335 g/mol. The van der Waals surface area contributed by atoms with Crippen molar-refractivity contribution in [3.63, 3.8) is 0 Å². The summed E-state index contributed by atoms with van der Waals surface area (Å²) in [4.78, 5) is 27.0. The molecule has 0 saturated carbocycles. The second-order valence-electron chi connectivity index (χ2n) is 5.50. The zero-order valence-corrected chi connectivity index (χ0v) is 13.8. The molecule has 0 spiro atoms. The lowest BCUT2D eigenvalue weighted by atomic mass is 9.88. The number of esters is 1. The summed E-state index contributed by atoms with van der Waals surface area (Å²) in [5.74, 6) is -1.13. The number of aliphatic imine (C=N–C) groups is 1. The summed E-state index contributed by atoms with van der Waals surface area (Å²) in [5.41, 5.74) is 1.06. The van der Waals surface area contributed by atoms with Crippen molar-refractivity contribution in [2.75, 3.05) is 0 Å². The number of carbonyl (C=O) groups is 1. The van der Waals surface area contributed by atoms with E-state index in [2.05, 4.69) is 10.3 Å². The molecule has 2 unspecified atom stereocenters. The van der Waals surface area contributed by atoms with Crippen molar-refractivity contribution in [2.45, 2.75) is 32.9 Å². The number of nitro groups is 1. The second-order valence-corrected chi connectivity index (χ2v) is 5.88. The quantitative estimate of drug-likeness (QED) is 0.393. The number of rotatable bonds is 4. The molecule has 0 aliphatic carbocycles. The number of nitrogens with one attached hydrogen (secondary N) is 1. The maximum atomic E-state index is 12.4. The zero-order chi connectivity index (χ0) is 17.1. The SMILES string of the molecule is CC1=NC(=S)NC(c2cccc([N+](=O)[O-])c2)C1C(=O)OC(C)C. The van der Waals surface area contributed by atoms with Gasteiger partial charge in [0.1, 0.15) is 5.92 Å². The lowest BCUT2D eigenvalue weighted by molar-refractivity contribution is -0.384. The fourth-order valence-electron chi connectivity index (χ4n) is 2.44. The molecule has 1 aliphatic heterocycles. The predicted molar refractivity (Wildman–Crippen MR) is 89.4 cm³/mol. The van der Waals surface area contributed by atoms with E-state index in [9.17, 15) is 14.9 Å². The third-order valence-corrected chi connectivity index (χ3v) is 3.60. The number of nitrogens with zero attached hydrogens (tertiary/aromatic N) is 2. The molecule has 1 aromatic rings. The Hall–Kier alpha value is -2.35. The first-order valence-corrected chi connectivity index (χ1v) is 7.51. The van der Waals surface area contributed by atoms with Crippen molar-refractivity contribution in [3.05, 3.63) is 39.9 Å². The first-order valence-electron chi connectivity index (χ1n) is 7.10. The Balaban J connectivity index is 2.42. The van der Waals surface area contributed by atoms with Crippen LogP contribution in [0.1, 0.15) is 32.4 Å². The minimum absolute atomic E-state index is 0.0497. The number of benzene rings is 1. The molecule has 0 saturated heterocycles. The zero-order valence-electron chi connectivity index (χ0n) is 13.0. The molecule has 0 fully saturated rings. The van der Waals surface area contributed by atoms with Gasteiger partial charge in [0, 0.05) is 17.8 Å². The van der Waals surface area contributed by atoms with Crippen LogP contribution in [0.2, 0.25) is 0 Å². The molecule has 2 atom stereocenters. The molecule has 0 amide bonds. The van der Waals surface area contributed by atoms with Crippen molar-refractivity contribution in [1.82, 2.24) is 5.32 Å². The number of carbonyl (C=O) groups excluding carboxylic acids is 1. The highest BCUT2D eigenvalue weighted by Gasteiger charge is 2.37. The minimum Gasteiger partial charge on any atom is -0.462 e. The predicted octanol–water partition coefficient (Wildman–Crippen LogP) is 2.55. The number of hydrogen-bond acceptors (Lipinski definition) is 5. The van der Waals surface area contributed by atoms with Gasteiger partial charge in [-0.2, -0.15) is 0 Å². The minimum atomic E-state index is -0.689. The van der Waals surface area contributed by atoms with Crippen molar-refractivity contribution in [3.8, 4) is 0 Å². The van der Waals surface area contributed by atoms with Crippen molar-refractivity contribution in [1.29, 1.82) is 0 Å². The van der Waals surface area contributed by atoms with Gasteiger partial charge < -0.3 is 10.1 Å². The molecule has 122 valence electrons. The van der Waals surface area contributed by atoms with E-state index < -0.39 is 22.9 Å². The van der Waals surface area contributed by atoms with Gasteiger partial charge >= 0.3 is 5.97 Å². The second kappa shape index (κ2) is 6.82. The highest BCUT2D eigenvalue weighted by Crippen LogP contribution is 2.30. The van der Waals surface area contributed by atoms with Gasteiger partial charge in [-0.05, 0) is 38.6 Å². The Morgan fingerprint density at radius 2 is 2.17 bits per heavy atom. The molecule has 1 N–H and O–H groups in total. The largest absolute Gasteiger partial charge is 0.462 e. The molecule has 2 rings (SSSR count). The van der Waals surface area contributed by atoms with Crippen LogP contribution in [0.4, 0.5) is 5.69 Å². The molecule has 8 heteroatoms. The lowest BCUT2D eigenvalue weighted by Crippen LogP contribution is -2.44. The molecular formula is C15H17N3O4S. The van der Waals surface area contributed by atoms with Crippen LogP contribution >= 0.6 is 12.2 Å². The van der Waals surface area contributed by atoms with Crippen LogP contribution in [-0.4, -0.2) is 27.8 Å². The Kier molecular flexibility index (Phi) is 5.05. The van der Waals surface area contributed by atoms with Crippen LogP contribution in [-0.2, 0) is 9.53 Å². The number of thiocarbonyl (C=S) groups is 1. The van der Waals surface area contributed by atoms with Crippen LogP contribution in [0.15, 0.2) is 29.3 Å². The summed E-state index contributed by atoms with van der Waals surface area (Å²) in [7, 11) is 0. The number of ether oxygens (including phenoxy) is 1. The maximum Gasteiger partial charge on any atom is 0.317 e.